The highest BCUT2D eigenvalue weighted by molar-refractivity contribution is 7.89. The number of hydrogen-bond donors (Lipinski definition) is 2. The summed E-state index contributed by atoms with van der Waals surface area (Å²) in [6.45, 7) is 7.27. The number of anilines is 2. The minimum atomic E-state index is -3.46. The number of nitrogens with two attached hydrogens (primary N) is 1. The van der Waals surface area contributed by atoms with Gasteiger partial charge in [-0.25, -0.2) is 12.7 Å². The lowest BCUT2D eigenvalue weighted by molar-refractivity contribution is 0.167. The van der Waals surface area contributed by atoms with Crippen molar-refractivity contribution in [2.24, 2.45) is 0 Å². The van der Waals surface area contributed by atoms with Gasteiger partial charge in [0, 0.05) is 20.6 Å². The first-order chi connectivity index (χ1) is 9.75. The number of nitrogens with one attached hydrogen (secondary N) is 1. The molecule has 0 heterocycles. The zero-order chi connectivity index (χ0) is 16.0. The molecule has 3 N–H and O–H groups in total. The lowest BCUT2D eigenvalue weighted by Gasteiger charge is -2.14. The Kier molecular flexibility index (Phi) is 6.19. The molecule has 0 aliphatic heterocycles. The molecule has 1 aromatic rings. The minimum absolute atomic E-state index is 0.175. The quantitative estimate of drug-likeness (QED) is 0.432. The summed E-state index contributed by atoms with van der Waals surface area (Å²) in [7, 11) is -0.498. The lowest BCUT2D eigenvalue weighted by atomic mass is 10.2. The monoisotopic (exact) mass is 313 g/mol. The smallest absolute Gasteiger partial charge is 0.242 e. The molecule has 7 heteroatoms. The van der Waals surface area contributed by atoms with Gasteiger partial charge in [0.05, 0.1) is 29.5 Å². The van der Waals surface area contributed by atoms with Crippen LogP contribution in [0.1, 0.15) is 6.92 Å². The van der Waals surface area contributed by atoms with Gasteiger partial charge in [0.25, 0.3) is 0 Å². The van der Waals surface area contributed by atoms with Crippen molar-refractivity contribution < 1.29 is 13.2 Å². The van der Waals surface area contributed by atoms with Crippen LogP contribution in [0.2, 0.25) is 0 Å². The Labute approximate surface area is 126 Å². The van der Waals surface area contributed by atoms with E-state index in [1.807, 2.05) is 6.92 Å². The summed E-state index contributed by atoms with van der Waals surface area (Å²) in [6.07, 6.45) is 0. The Morgan fingerprint density at radius 3 is 2.62 bits per heavy atom. The molecule has 0 aliphatic rings. The molecule has 0 fully saturated rings. The molecule has 0 unspecified atom stereocenters. The molecule has 0 saturated carbocycles. The van der Waals surface area contributed by atoms with Gasteiger partial charge < -0.3 is 15.8 Å². The Hall–Kier alpha value is -1.57. The van der Waals surface area contributed by atoms with Gasteiger partial charge in [-0.15, -0.1) is 0 Å². The fourth-order valence-electron chi connectivity index (χ4n) is 1.58. The van der Waals surface area contributed by atoms with Gasteiger partial charge in [0.2, 0.25) is 10.0 Å². The molecule has 6 nitrogen and oxygen atoms in total. The van der Waals surface area contributed by atoms with Crippen molar-refractivity contribution >= 4 is 21.4 Å². The SMILES string of the molecule is C=C(C)COCCNc1ccc(S(=O)(=O)N(C)C)cc1N. The van der Waals surface area contributed by atoms with Crippen LogP contribution in [0.3, 0.4) is 0 Å². The van der Waals surface area contributed by atoms with E-state index in [9.17, 15) is 8.42 Å². The molecule has 0 bridgehead atoms. The van der Waals surface area contributed by atoms with Crippen LogP contribution in [0.25, 0.3) is 0 Å². The van der Waals surface area contributed by atoms with Gasteiger partial charge in [-0.05, 0) is 25.1 Å². The number of hydrogen-bond acceptors (Lipinski definition) is 5. The maximum absolute atomic E-state index is 12.0. The van der Waals surface area contributed by atoms with Gasteiger partial charge in [0.15, 0.2) is 0 Å². The second-order valence-corrected chi connectivity index (χ2v) is 7.12. The van der Waals surface area contributed by atoms with E-state index in [-0.39, 0.29) is 4.90 Å². The van der Waals surface area contributed by atoms with Crippen LogP contribution in [-0.2, 0) is 14.8 Å². The second-order valence-electron chi connectivity index (χ2n) is 4.97. The van der Waals surface area contributed by atoms with E-state index in [0.29, 0.717) is 31.1 Å². The topological polar surface area (TPSA) is 84.7 Å². The molecular weight excluding hydrogens is 290 g/mol. The number of ether oxygens (including phenoxy) is 1. The summed E-state index contributed by atoms with van der Waals surface area (Å²) < 4.78 is 30.5. The largest absolute Gasteiger partial charge is 0.397 e. The fourth-order valence-corrected chi connectivity index (χ4v) is 2.51. The Morgan fingerprint density at radius 1 is 1.43 bits per heavy atom. The van der Waals surface area contributed by atoms with Gasteiger partial charge in [-0.1, -0.05) is 12.2 Å². The van der Waals surface area contributed by atoms with Crippen molar-refractivity contribution in [3.8, 4) is 0 Å². The van der Waals surface area contributed by atoms with E-state index >= 15 is 0 Å². The molecule has 1 rings (SSSR count). The van der Waals surface area contributed by atoms with Crippen molar-refractivity contribution in [1.29, 1.82) is 0 Å². The van der Waals surface area contributed by atoms with Gasteiger partial charge in [0.1, 0.15) is 0 Å². The number of sulfonamides is 1. The summed E-state index contributed by atoms with van der Waals surface area (Å²) in [5.74, 6) is 0. The first kappa shape index (κ1) is 17.5. The van der Waals surface area contributed by atoms with E-state index in [4.69, 9.17) is 10.5 Å². The highest BCUT2D eigenvalue weighted by Gasteiger charge is 2.17. The van der Waals surface area contributed by atoms with Crippen LogP contribution in [0, 0.1) is 0 Å². The normalized spacial score (nSPS) is 11.6. The van der Waals surface area contributed by atoms with E-state index in [1.54, 1.807) is 6.07 Å². The molecule has 0 aliphatic carbocycles. The van der Waals surface area contributed by atoms with E-state index < -0.39 is 10.0 Å². The van der Waals surface area contributed by atoms with Crippen LogP contribution in [0.15, 0.2) is 35.2 Å². The number of nitrogen functional groups attached to an aromatic ring is 1. The van der Waals surface area contributed by atoms with Gasteiger partial charge in [-0.3, -0.25) is 0 Å². The third kappa shape index (κ3) is 5.04. The van der Waals surface area contributed by atoms with Crippen LogP contribution in [-0.4, -0.2) is 46.6 Å². The lowest BCUT2D eigenvalue weighted by Crippen LogP contribution is -2.22. The standard InChI is InChI=1S/C14H23N3O3S/c1-11(2)10-20-8-7-16-14-6-5-12(9-13(14)15)21(18,19)17(3)4/h5-6,9,16H,1,7-8,10,15H2,2-4H3. The molecule has 0 atom stereocenters. The molecule has 1 aromatic carbocycles. The highest BCUT2D eigenvalue weighted by Crippen LogP contribution is 2.23. The summed E-state index contributed by atoms with van der Waals surface area (Å²) in [6, 6.07) is 4.64. The van der Waals surface area contributed by atoms with Gasteiger partial charge >= 0.3 is 0 Å². The maximum atomic E-state index is 12.0. The molecule has 0 radical (unpaired) electrons. The molecule has 118 valence electrons. The average Bonchev–Trinajstić information content (AvgIpc) is 2.39. The van der Waals surface area contributed by atoms with E-state index in [2.05, 4.69) is 11.9 Å². The van der Waals surface area contributed by atoms with Gasteiger partial charge in [-0.2, -0.15) is 0 Å². The number of nitrogens with zero attached hydrogens (tertiary/aromatic N) is 1. The van der Waals surface area contributed by atoms with E-state index in [1.165, 1.54) is 26.2 Å². The van der Waals surface area contributed by atoms with Crippen LogP contribution >= 0.6 is 0 Å². The van der Waals surface area contributed by atoms with Crippen molar-refractivity contribution in [3.63, 3.8) is 0 Å². The highest BCUT2D eigenvalue weighted by atomic mass is 32.2. The Balaban J connectivity index is 2.65. The second kappa shape index (κ2) is 7.44. The first-order valence-corrected chi connectivity index (χ1v) is 7.97. The van der Waals surface area contributed by atoms with Crippen LogP contribution in [0.4, 0.5) is 11.4 Å². The number of benzene rings is 1. The molecule has 0 saturated heterocycles. The van der Waals surface area contributed by atoms with E-state index in [0.717, 1.165) is 9.88 Å². The maximum Gasteiger partial charge on any atom is 0.242 e. The van der Waals surface area contributed by atoms with Crippen molar-refractivity contribution in [3.05, 3.63) is 30.4 Å². The minimum Gasteiger partial charge on any atom is -0.397 e. The number of rotatable bonds is 8. The predicted octanol–water partition coefficient (Wildman–Crippen LogP) is 1.52. The molecule has 0 aromatic heterocycles. The van der Waals surface area contributed by atoms with Crippen LogP contribution in [0.5, 0.6) is 0 Å². The van der Waals surface area contributed by atoms with Crippen LogP contribution < -0.4 is 11.1 Å². The first-order valence-electron chi connectivity index (χ1n) is 6.53. The Bertz CT molecular complexity index is 597. The van der Waals surface area contributed by atoms with Crippen molar-refractivity contribution in [2.45, 2.75) is 11.8 Å². The third-order valence-electron chi connectivity index (χ3n) is 2.71. The zero-order valence-corrected chi connectivity index (χ0v) is 13.5. The molecule has 21 heavy (non-hydrogen) atoms. The van der Waals surface area contributed by atoms with Crippen molar-refractivity contribution in [2.75, 3.05) is 44.9 Å². The predicted molar refractivity (Wildman–Crippen MR) is 85.8 cm³/mol. The Morgan fingerprint density at radius 2 is 2.10 bits per heavy atom. The summed E-state index contributed by atoms with van der Waals surface area (Å²) in [5.41, 5.74) is 7.92. The molecule has 0 spiro atoms. The summed E-state index contributed by atoms with van der Waals surface area (Å²) >= 11 is 0. The average molecular weight is 313 g/mol. The molecule has 0 amide bonds. The summed E-state index contributed by atoms with van der Waals surface area (Å²) in [5, 5.41) is 3.11. The summed E-state index contributed by atoms with van der Waals surface area (Å²) in [4.78, 5) is 0.175. The molecular formula is C14H23N3O3S. The fraction of sp³-hybridized carbons (Fsp3) is 0.429. The third-order valence-corrected chi connectivity index (χ3v) is 4.52. The van der Waals surface area contributed by atoms with Crippen molar-refractivity contribution in [1.82, 2.24) is 4.31 Å². The zero-order valence-electron chi connectivity index (χ0n) is 12.7.